The Morgan fingerprint density at radius 3 is 2.68 bits per heavy atom. The van der Waals surface area contributed by atoms with E-state index in [-0.39, 0.29) is 30.6 Å². The van der Waals surface area contributed by atoms with Crippen LogP contribution in [0.15, 0.2) is 18.2 Å². The number of fused-ring (bicyclic) bond motifs is 1. The molecule has 2 saturated heterocycles. The highest BCUT2D eigenvalue weighted by Gasteiger charge is 2.36. The molecule has 1 aromatic carbocycles. The third-order valence-corrected chi connectivity index (χ3v) is 4.86. The molecule has 2 fully saturated rings. The fourth-order valence-corrected chi connectivity index (χ4v) is 3.48. The molecule has 0 radical (unpaired) electrons. The SMILES string of the molecule is COc1cc([C@H]2CN3CCN(C(=O)OC(C)(C)C)C[C@H]3CO2)ccc1C#N.Cl. The Labute approximate surface area is 172 Å². The minimum Gasteiger partial charge on any atom is -0.495 e. The van der Waals surface area contributed by atoms with Gasteiger partial charge in [0.25, 0.3) is 0 Å². The third-order valence-electron chi connectivity index (χ3n) is 4.86. The summed E-state index contributed by atoms with van der Waals surface area (Å²) in [7, 11) is 1.56. The molecule has 0 aliphatic carbocycles. The number of hydrogen-bond acceptors (Lipinski definition) is 6. The van der Waals surface area contributed by atoms with Crippen molar-refractivity contribution in [3.63, 3.8) is 0 Å². The van der Waals surface area contributed by atoms with Crippen LogP contribution in [0.1, 0.15) is 38.0 Å². The van der Waals surface area contributed by atoms with Gasteiger partial charge in [-0.2, -0.15) is 5.26 Å². The lowest BCUT2D eigenvalue weighted by atomic mass is 10.0. The molecule has 3 rings (SSSR count). The number of amides is 1. The molecule has 28 heavy (non-hydrogen) atoms. The van der Waals surface area contributed by atoms with Crippen molar-refractivity contribution in [3.8, 4) is 11.8 Å². The van der Waals surface area contributed by atoms with Crippen LogP contribution < -0.4 is 4.74 Å². The number of piperazine rings is 1. The zero-order valence-corrected chi connectivity index (χ0v) is 17.6. The second-order valence-corrected chi connectivity index (χ2v) is 7.97. The van der Waals surface area contributed by atoms with Gasteiger partial charge in [0.1, 0.15) is 17.4 Å². The molecule has 0 saturated carbocycles. The summed E-state index contributed by atoms with van der Waals surface area (Å²) in [6, 6.07) is 7.86. The average Bonchev–Trinajstić information content (AvgIpc) is 2.65. The number of ether oxygens (including phenoxy) is 3. The number of methoxy groups -OCH3 is 1. The highest BCUT2D eigenvalue weighted by atomic mass is 35.5. The van der Waals surface area contributed by atoms with Crippen LogP contribution in [-0.2, 0) is 9.47 Å². The maximum atomic E-state index is 12.3. The van der Waals surface area contributed by atoms with Crippen LogP contribution in [0.2, 0.25) is 0 Å². The number of carbonyl (C=O) groups is 1. The molecular weight excluding hydrogens is 382 g/mol. The van der Waals surface area contributed by atoms with Crippen molar-refractivity contribution >= 4 is 18.5 Å². The standard InChI is InChI=1S/C20H27N3O4.ClH/c1-20(2,3)27-19(24)23-8-7-22-12-18(26-13-16(22)11-23)14-5-6-15(10-21)17(9-14)25-4;/h5-6,9,16,18H,7-8,11-13H2,1-4H3;1H/t16-,18+;/m0./s1. The van der Waals surface area contributed by atoms with E-state index in [9.17, 15) is 4.79 Å². The predicted octanol–water partition coefficient (Wildman–Crippen LogP) is 2.98. The normalized spacial score (nSPS) is 22.5. The quantitative estimate of drug-likeness (QED) is 0.747. The molecule has 2 atom stereocenters. The van der Waals surface area contributed by atoms with E-state index in [1.807, 2.05) is 32.9 Å². The summed E-state index contributed by atoms with van der Waals surface area (Å²) >= 11 is 0. The van der Waals surface area contributed by atoms with Crippen LogP contribution in [0.4, 0.5) is 4.79 Å². The summed E-state index contributed by atoms with van der Waals surface area (Å²) in [5.41, 5.74) is 1.02. The predicted molar refractivity (Wildman–Crippen MR) is 107 cm³/mol. The monoisotopic (exact) mass is 409 g/mol. The Hall–Kier alpha value is -2.01. The van der Waals surface area contributed by atoms with Gasteiger partial charge in [-0.3, -0.25) is 4.90 Å². The number of nitrogens with zero attached hydrogens (tertiary/aromatic N) is 3. The van der Waals surface area contributed by atoms with Gasteiger partial charge in [0.2, 0.25) is 0 Å². The van der Waals surface area contributed by atoms with E-state index < -0.39 is 5.60 Å². The van der Waals surface area contributed by atoms with Gasteiger partial charge in [-0.15, -0.1) is 12.4 Å². The van der Waals surface area contributed by atoms with E-state index in [4.69, 9.17) is 19.5 Å². The molecule has 8 heteroatoms. The summed E-state index contributed by atoms with van der Waals surface area (Å²) in [6.07, 6.45) is -0.336. The molecule has 2 heterocycles. The molecule has 0 aromatic heterocycles. The Morgan fingerprint density at radius 1 is 1.29 bits per heavy atom. The fraction of sp³-hybridized carbons (Fsp3) is 0.600. The molecule has 2 aliphatic heterocycles. The van der Waals surface area contributed by atoms with Gasteiger partial charge in [0.05, 0.1) is 31.4 Å². The average molecular weight is 410 g/mol. The molecule has 7 nitrogen and oxygen atoms in total. The largest absolute Gasteiger partial charge is 0.495 e. The van der Waals surface area contributed by atoms with E-state index in [1.165, 1.54) is 0 Å². The van der Waals surface area contributed by atoms with Crippen molar-refractivity contribution in [3.05, 3.63) is 29.3 Å². The first-order valence-corrected chi connectivity index (χ1v) is 9.22. The van der Waals surface area contributed by atoms with Gasteiger partial charge in [-0.25, -0.2) is 4.79 Å². The summed E-state index contributed by atoms with van der Waals surface area (Å²) in [4.78, 5) is 16.4. The maximum absolute atomic E-state index is 12.3. The smallest absolute Gasteiger partial charge is 0.410 e. The second-order valence-electron chi connectivity index (χ2n) is 7.97. The summed E-state index contributed by atoms with van der Waals surface area (Å²) in [5, 5.41) is 9.13. The Morgan fingerprint density at radius 2 is 2.04 bits per heavy atom. The van der Waals surface area contributed by atoms with E-state index in [0.717, 1.165) is 18.7 Å². The minimum absolute atomic E-state index is 0. The zero-order chi connectivity index (χ0) is 19.6. The number of hydrogen-bond donors (Lipinski definition) is 0. The van der Waals surface area contributed by atoms with Gasteiger partial charge in [-0.05, 0) is 38.5 Å². The van der Waals surface area contributed by atoms with Gasteiger partial charge in [0, 0.05) is 26.2 Å². The minimum atomic E-state index is -0.489. The third kappa shape index (κ3) is 5.07. The van der Waals surface area contributed by atoms with Crippen molar-refractivity contribution in [2.75, 3.05) is 39.9 Å². The molecule has 0 unspecified atom stereocenters. The lowest BCUT2D eigenvalue weighted by Crippen LogP contribution is -2.59. The highest BCUT2D eigenvalue weighted by molar-refractivity contribution is 5.85. The zero-order valence-electron chi connectivity index (χ0n) is 16.8. The number of morpholine rings is 1. The Bertz CT molecular complexity index is 744. The molecule has 0 bridgehead atoms. The summed E-state index contributed by atoms with van der Waals surface area (Å²) < 4.78 is 16.9. The molecule has 0 spiro atoms. The van der Waals surface area contributed by atoms with E-state index in [0.29, 0.717) is 31.0 Å². The highest BCUT2D eigenvalue weighted by Crippen LogP contribution is 2.30. The van der Waals surface area contributed by atoms with Crippen LogP contribution in [0.25, 0.3) is 0 Å². The summed E-state index contributed by atoms with van der Waals surface area (Å²) in [6.45, 7) is 8.97. The van der Waals surface area contributed by atoms with Crippen molar-refractivity contribution in [1.82, 2.24) is 9.80 Å². The van der Waals surface area contributed by atoms with E-state index in [1.54, 1.807) is 18.1 Å². The molecule has 1 amide bonds. The lowest BCUT2D eigenvalue weighted by Gasteiger charge is -2.46. The van der Waals surface area contributed by atoms with Crippen LogP contribution in [0, 0.1) is 11.3 Å². The van der Waals surface area contributed by atoms with E-state index >= 15 is 0 Å². The summed E-state index contributed by atoms with van der Waals surface area (Å²) in [5.74, 6) is 0.565. The molecular formula is C20H28ClN3O4. The number of rotatable bonds is 2. The lowest BCUT2D eigenvalue weighted by molar-refractivity contribution is -0.0906. The first-order chi connectivity index (χ1) is 12.8. The van der Waals surface area contributed by atoms with Crippen molar-refractivity contribution in [1.29, 1.82) is 5.26 Å². The second kappa shape index (κ2) is 8.99. The topological polar surface area (TPSA) is 75.0 Å². The van der Waals surface area contributed by atoms with Gasteiger partial charge < -0.3 is 19.1 Å². The maximum Gasteiger partial charge on any atom is 0.410 e. The first-order valence-electron chi connectivity index (χ1n) is 9.22. The first kappa shape index (κ1) is 22.3. The van der Waals surface area contributed by atoms with Crippen LogP contribution in [-0.4, -0.2) is 67.4 Å². The molecule has 2 aliphatic rings. The van der Waals surface area contributed by atoms with Crippen molar-refractivity contribution in [2.45, 2.75) is 38.5 Å². The van der Waals surface area contributed by atoms with Gasteiger partial charge >= 0.3 is 6.09 Å². The van der Waals surface area contributed by atoms with Crippen molar-refractivity contribution in [2.24, 2.45) is 0 Å². The van der Waals surface area contributed by atoms with Gasteiger partial charge in [-0.1, -0.05) is 6.07 Å². The number of carbonyl (C=O) groups excluding carboxylic acids is 1. The van der Waals surface area contributed by atoms with Gasteiger partial charge in [0.15, 0.2) is 0 Å². The van der Waals surface area contributed by atoms with Crippen LogP contribution in [0.5, 0.6) is 5.75 Å². The Balaban J connectivity index is 0.00000280. The van der Waals surface area contributed by atoms with Crippen LogP contribution in [0.3, 0.4) is 0 Å². The van der Waals surface area contributed by atoms with E-state index in [2.05, 4.69) is 11.0 Å². The molecule has 0 N–H and O–H groups in total. The number of nitriles is 1. The van der Waals surface area contributed by atoms with Crippen LogP contribution >= 0.6 is 12.4 Å². The number of halogens is 1. The fourth-order valence-electron chi connectivity index (χ4n) is 3.48. The molecule has 1 aromatic rings. The Kier molecular flexibility index (Phi) is 7.16. The van der Waals surface area contributed by atoms with Crippen molar-refractivity contribution < 1.29 is 19.0 Å². The number of benzene rings is 1. The molecule has 154 valence electrons.